The molecular weight excluding hydrogens is 626 g/mol. The van der Waals surface area contributed by atoms with Crippen molar-refractivity contribution in [2.45, 2.75) is 84.8 Å². The maximum atomic E-state index is 12.7. The Morgan fingerprint density at radius 2 is 1.76 bits per heavy atom. The van der Waals surface area contributed by atoms with Gasteiger partial charge in [-0.3, -0.25) is 4.79 Å². The van der Waals surface area contributed by atoms with Gasteiger partial charge >= 0.3 is 24.0 Å². The second-order valence-electron chi connectivity index (χ2n) is 14.6. The van der Waals surface area contributed by atoms with Gasteiger partial charge in [0.05, 0.1) is 16.6 Å². The molecule has 0 bridgehead atoms. The Kier molecular flexibility index (Phi) is 8.63. The number of aryl methyl sites for hydroxylation is 1. The highest BCUT2D eigenvalue weighted by molar-refractivity contribution is 6.16. The molecule has 3 aromatic heterocycles. The first-order valence-corrected chi connectivity index (χ1v) is 16.3. The van der Waals surface area contributed by atoms with Crippen LogP contribution in [0.15, 0.2) is 47.2 Å². The number of hydrogen-bond donors (Lipinski definition) is 2. The molecule has 1 fully saturated rings. The Morgan fingerprint density at radius 3 is 2.39 bits per heavy atom. The van der Waals surface area contributed by atoms with E-state index in [0.29, 0.717) is 41.2 Å². The highest BCUT2D eigenvalue weighted by Crippen LogP contribution is 2.38. The molecule has 1 aliphatic heterocycles. The summed E-state index contributed by atoms with van der Waals surface area (Å²) in [6, 6.07) is 11.6. The van der Waals surface area contributed by atoms with Gasteiger partial charge in [-0.2, -0.15) is 4.98 Å². The number of benzene rings is 2. The van der Waals surface area contributed by atoms with Crippen molar-refractivity contribution in [3.8, 4) is 11.3 Å². The minimum Gasteiger partial charge on any atom is -0.464 e. The zero-order valence-electron chi connectivity index (χ0n) is 28.8. The number of rotatable bonds is 5. The van der Waals surface area contributed by atoms with Crippen LogP contribution in [0.2, 0.25) is 0 Å². The molecule has 1 saturated heterocycles. The van der Waals surface area contributed by atoms with E-state index >= 15 is 0 Å². The van der Waals surface area contributed by atoms with Gasteiger partial charge in [-0.15, -0.1) is 0 Å². The van der Waals surface area contributed by atoms with Crippen LogP contribution in [0.5, 0.6) is 0 Å². The zero-order chi connectivity index (χ0) is 35.2. The molecule has 0 saturated carbocycles. The lowest BCUT2D eigenvalue weighted by Crippen LogP contribution is -2.41. The molecule has 49 heavy (non-hydrogen) atoms. The van der Waals surface area contributed by atoms with Crippen LogP contribution in [0.4, 0.5) is 9.59 Å². The molecule has 4 heterocycles. The number of fused-ring (bicyclic) bond motifs is 3. The van der Waals surface area contributed by atoms with Gasteiger partial charge in [0.15, 0.2) is 11.5 Å². The fourth-order valence-electron chi connectivity index (χ4n) is 6.16. The van der Waals surface area contributed by atoms with Crippen molar-refractivity contribution >= 4 is 40.0 Å². The molecule has 2 amide bonds. The molecule has 1 aliphatic rings. The number of amides is 2. The van der Waals surface area contributed by atoms with Gasteiger partial charge in [-0.1, -0.05) is 44.1 Å². The van der Waals surface area contributed by atoms with Crippen molar-refractivity contribution in [3.63, 3.8) is 0 Å². The number of likely N-dealkylation sites (tertiary alicyclic amines) is 1. The van der Waals surface area contributed by atoms with E-state index in [1.165, 1.54) is 10.9 Å². The van der Waals surface area contributed by atoms with Gasteiger partial charge in [0.2, 0.25) is 0 Å². The third kappa shape index (κ3) is 6.83. The van der Waals surface area contributed by atoms with Crippen LogP contribution in [-0.4, -0.2) is 71.5 Å². The van der Waals surface area contributed by atoms with Crippen LogP contribution in [0.1, 0.15) is 93.5 Å². The predicted molar refractivity (Wildman–Crippen MR) is 183 cm³/mol. The Hall–Kier alpha value is -5.33. The SMILES string of the molecule is Cc1cc(-c2ncnc3c2c2cc(C4CCN(C(=O)OC(C)(C)C)CC4)ccc2n3C(=O)O)ccc1CNC(=O)c1nc(C(C)(C)C)no1. The Balaban J connectivity index is 1.28. The summed E-state index contributed by atoms with van der Waals surface area (Å²) in [7, 11) is 0. The van der Waals surface area contributed by atoms with E-state index in [1.54, 1.807) is 4.90 Å². The van der Waals surface area contributed by atoms with Crippen LogP contribution in [0.3, 0.4) is 0 Å². The molecular formula is C36H41N7O6. The van der Waals surface area contributed by atoms with Crippen LogP contribution in [0.25, 0.3) is 33.2 Å². The molecule has 0 unspecified atom stereocenters. The van der Waals surface area contributed by atoms with Crippen molar-refractivity contribution in [3.05, 3.63) is 71.1 Å². The second kappa shape index (κ2) is 12.6. The molecule has 0 aliphatic carbocycles. The maximum absolute atomic E-state index is 12.7. The average molecular weight is 668 g/mol. The molecule has 0 atom stereocenters. The molecule has 256 valence electrons. The first kappa shape index (κ1) is 33.6. The molecule has 6 rings (SSSR count). The molecule has 0 radical (unpaired) electrons. The van der Waals surface area contributed by atoms with Crippen LogP contribution < -0.4 is 5.32 Å². The molecule has 13 nitrogen and oxygen atoms in total. The van der Waals surface area contributed by atoms with Crippen LogP contribution in [-0.2, 0) is 16.7 Å². The number of piperidine rings is 1. The number of carbonyl (C=O) groups excluding carboxylic acids is 2. The van der Waals surface area contributed by atoms with E-state index < -0.39 is 17.6 Å². The lowest BCUT2D eigenvalue weighted by atomic mass is 9.88. The van der Waals surface area contributed by atoms with Gasteiger partial charge in [0, 0.05) is 36.0 Å². The highest BCUT2D eigenvalue weighted by Gasteiger charge is 2.29. The summed E-state index contributed by atoms with van der Waals surface area (Å²) >= 11 is 0. The number of aromatic nitrogens is 5. The topological polar surface area (TPSA) is 166 Å². The zero-order valence-corrected chi connectivity index (χ0v) is 28.8. The van der Waals surface area contributed by atoms with Crippen molar-refractivity contribution in [2.75, 3.05) is 13.1 Å². The van der Waals surface area contributed by atoms with Crippen molar-refractivity contribution in [1.29, 1.82) is 0 Å². The van der Waals surface area contributed by atoms with Crippen molar-refractivity contribution < 1.29 is 28.8 Å². The number of nitrogens with zero attached hydrogens (tertiary/aromatic N) is 6. The average Bonchev–Trinajstić information content (AvgIpc) is 3.67. The summed E-state index contributed by atoms with van der Waals surface area (Å²) in [5.41, 5.74) is 4.15. The summed E-state index contributed by atoms with van der Waals surface area (Å²) in [6.45, 7) is 14.7. The third-order valence-electron chi connectivity index (χ3n) is 8.73. The van der Waals surface area contributed by atoms with Gasteiger partial charge in [-0.05, 0) is 81.3 Å². The summed E-state index contributed by atoms with van der Waals surface area (Å²) in [6.07, 6.45) is 1.45. The van der Waals surface area contributed by atoms with Gasteiger partial charge in [0.25, 0.3) is 0 Å². The van der Waals surface area contributed by atoms with E-state index in [1.807, 2.05) is 84.9 Å². The lowest BCUT2D eigenvalue weighted by molar-refractivity contribution is 0.0204. The van der Waals surface area contributed by atoms with Crippen LogP contribution >= 0.6 is 0 Å². The summed E-state index contributed by atoms with van der Waals surface area (Å²) < 4.78 is 11.9. The fraction of sp³-hybridized carbons (Fsp3) is 0.417. The minimum atomic E-state index is -1.14. The fourth-order valence-corrected chi connectivity index (χ4v) is 6.16. The largest absolute Gasteiger partial charge is 0.464 e. The first-order chi connectivity index (χ1) is 23.1. The Bertz CT molecular complexity index is 2080. The summed E-state index contributed by atoms with van der Waals surface area (Å²) in [5.74, 6) is 0.0831. The van der Waals surface area contributed by atoms with E-state index in [-0.39, 0.29) is 29.9 Å². The monoisotopic (exact) mass is 667 g/mol. The molecule has 13 heteroatoms. The normalized spacial score (nSPS) is 14.4. The molecule has 0 spiro atoms. The van der Waals surface area contributed by atoms with E-state index in [4.69, 9.17) is 9.26 Å². The van der Waals surface area contributed by atoms with Crippen molar-refractivity contribution in [2.24, 2.45) is 0 Å². The second-order valence-corrected chi connectivity index (χ2v) is 14.6. The van der Waals surface area contributed by atoms with E-state index in [0.717, 1.165) is 40.5 Å². The molecule has 2 aromatic carbocycles. The molecule has 2 N–H and O–H groups in total. The molecule has 5 aromatic rings. The highest BCUT2D eigenvalue weighted by atomic mass is 16.6. The Morgan fingerprint density at radius 1 is 1.02 bits per heavy atom. The standard InChI is InChI=1S/C36H41N7O6/c1-20-16-23(8-9-24(20)18-37-30(44)31-40-32(41-49-31)35(2,3)4)28-27-25-17-22(10-11-26(25)43(33(45)46)29(27)39-19-38-28)21-12-14-42(15-13-21)34(47)48-36(5,6)7/h8-11,16-17,19,21H,12-15,18H2,1-7H3,(H,37,44)(H,45,46). The summed E-state index contributed by atoms with van der Waals surface area (Å²) in [5, 5.41) is 18.4. The van der Waals surface area contributed by atoms with Gasteiger partial charge in [0.1, 0.15) is 11.9 Å². The van der Waals surface area contributed by atoms with E-state index in [2.05, 4.69) is 25.4 Å². The van der Waals surface area contributed by atoms with Gasteiger partial charge < -0.3 is 24.6 Å². The number of hydrogen-bond acceptors (Lipinski definition) is 9. The minimum absolute atomic E-state index is 0.0923. The lowest BCUT2D eigenvalue weighted by Gasteiger charge is -2.33. The smallest absolute Gasteiger partial charge is 0.417 e. The maximum Gasteiger partial charge on any atom is 0.417 e. The number of nitrogens with one attached hydrogen (secondary N) is 1. The number of carboxylic acid groups (broad SMARTS) is 1. The van der Waals surface area contributed by atoms with Crippen LogP contribution in [0, 0.1) is 6.92 Å². The third-order valence-corrected chi connectivity index (χ3v) is 8.73. The number of carbonyl (C=O) groups is 3. The number of ether oxygens (including phenoxy) is 1. The first-order valence-electron chi connectivity index (χ1n) is 16.3. The predicted octanol–water partition coefficient (Wildman–Crippen LogP) is 6.81. The van der Waals surface area contributed by atoms with Gasteiger partial charge in [-0.25, -0.2) is 24.1 Å². The quantitative estimate of drug-likeness (QED) is 0.203. The van der Waals surface area contributed by atoms with Crippen molar-refractivity contribution in [1.82, 2.24) is 34.9 Å². The Labute approximate surface area is 283 Å². The summed E-state index contributed by atoms with van der Waals surface area (Å²) in [4.78, 5) is 52.9. The van der Waals surface area contributed by atoms with E-state index in [9.17, 15) is 19.5 Å².